The number of carbonyl (C=O) groups is 2. The first-order chi connectivity index (χ1) is 11.5. The molecule has 0 aliphatic rings. The summed E-state index contributed by atoms with van der Waals surface area (Å²) in [7, 11) is 0. The van der Waals surface area contributed by atoms with Crippen LogP contribution in [0.15, 0.2) is 54.6 Å². The molecule has 0 heterocycles. The highest BCUT2D eigenvalue weighted by molar-refractivity contribution is 5.80. The third-order valence-electron chi connectivity index (χ3n) is 3.40. The highest BCUT2D eigenvalue weighted by Crippen LogP contribution is 2.22. The average Bonchev–Trinajstić information content (AvgIpc) is 2.55. The molecule has 2 N–H and O–H groups in total. The Morgan fingerprint density at radius 1 is 1.12 bits per heavy atom. The minimum Gasteiger partial charge on any atom is -0.481 e. The molecule has 124 valence electrons. The molecule has 7 heteroatoms. The molecule has 0 fully saturated rings. The molecule has 2 rings (SSSR count). The SMILES string of the molecule is O=C(O)C[C@@H](NC(=O)Cc1ccccc1)c1cccc([N+](=O)[O-])c1. The van der Waals surface area contributed by atoms with Crippen LogP contribution in [-0.2, 0) is 16.0 Å². The lowest BCUT2D eigenvalue weighted by Gasteiger charge is -2.17. The lowest BCUT2D eigenvalue weighted by Crippen LogP contribution is -2.31. The zero-order valence-electron chi connectivity index (χ0n) is 12.7. The van der Waals surface area contributed by atoms with Crippen molar-refractivity contribution in [2.24, 2.45) is 0 Å². The fourth-order valence-corrected chi connectivity index (χ4v) is 2.31. The Hall–Kier alpha value is -3.22. The number of nitrogens with zero attached hydrogens (tertiary/aromatic N) is 1. The van der Waals surface area contributed by atoms with Gasteiger partial charge in [-0.05, 0) is 11.1 Å². The summed E-state index contributed by atoms with van der Waals surface area (Å²) < 4.78 is 0. The number of carbonyl (C=O) groups excluding carboxylic acids is 1. The first kappa shape index (κ1) is 17.1. The van der Waals surface area contributed by atoms with Gasteiger partial charge in [0.2, 0.25) is 5.91 Å². The van der Waals surface area contributed by atoms with E-state index in [-0.39, 0.29) is 24.4 Å². The predicted octanol–water partition coefficient (Wildman–Crippen LogP) is 2.47. The number of hydrogen-bond donors (Lipinski definition) is 2. The van der Waals surface area contributed by atoms with Gasteiger partial charge >= 0.3 is 5.97 Å². The lowest BCUT2D eigenvalue weighted by atomic mass is 10.0. The Morgan fingerprint density at radius 3 is 2.46 bits per heavy atom. The normalized spacial score (nSPS) is 11.5. The number of non-ortho nitro benzene ring substituents is 1. The summed E-state index contributed by atoms with van der Waals surface area (Å²) in [6, 6.07) is 13.8. The first-order valence-corrected chi connectivity index (χ1v) is 7.25. The Bertz CT molecular complexity index is 746. The number of nitro benzene ring substituents is 1. The van der Waals surface area contributed by atoms with Gasteiger partial charge in [-0.1, -0.05) is 42.5 Å². The molecule has 0 aliphatic carbocycles. The van der Waals surface area contributed by atoms with Gasteiger partial charge in [-0.15, -0.1) is 0 Å². The average molecular weight is 328 g/mol. The van der Waals surface area contributed by atoms with Crippen LogP contribution in [0.5, 0.6) is 0 Å². The van der Waals surface area contributed by atoms with E-state index >= 15 is 0 Å². The second-order valence-electron chi connectivity index (χ2n) is 5.23. The van der Waals surface area contributed by atoms with Crippen molar-refractivity contribution in [3.8, 4) is 0 Å². The van der Waals surface area contributed by atoms with Gasteiger partial charge in [-0.25, -0.2) is 0 Å². The number of amides is 1. The number of carboxylic acids is 1. The zero-order chi connectivity index (χ0) is 17.5. The number of nitrogens with one attached hydrogen (secondary N) is 1. The molecule has 0 radical (unpaired) electrons. The van der Waals surface area contributed by atoms with Gasteiger partial charge in [0.15, 0.2) is 0 Å². The smallest absolute Gasteiger partial charge is 0.305 e. The fraction of sp³-hybridized carbons (Fsp3) is 0.176. The van der Waals surface area contributed by atoms with Gasteiger partial charge in [0.05, 0.1) is 23.8 Å². The molecule has 0 saturated heterocycles. The summed E-state index contributed by atoms with van der Waals surface area (Å²) in [5.74, 6) is -1.45. The van der Waals surface area contributed by atoms with E-state index in [1.54, 1.807) is 30.3 Å². The summed E-state index contributed by atoms with van der Waals surface area (Å²) in [5, 5.41) is 22.5. The molecule has 0 spiro atoms. The van der Waals surface area contributed by atoms with Crippen molar-refractivity contribution in [1.29, 1.82) is 0 Å². The Labute approximate surface area is 138 Å². The summed E-state index contributed by atoms with van der Waals surface area (Å²) in [6.07, 6.45) is -0.256. The second-order valence-corrected chi connectivity index (χ2v) is 5.23. The topological polar surface area (TPSA) is 110 Å². The highest BCUT2D eigenvalue weighted by Gasteiger charge is 2.20. The first-order valence-electron chi connectivity index (χ1n) is 7.25. The number of carboxylic acid groups (broad SMARTS) is 1. The Balaban J connectivity index is 2.16. The quantitative estimate of drug-likeness (QED) is 0.599. The molecular weight excluding hydrogens is 312 g/mol. The molecule has 0 saturated carbocycles. The van der Waals surface area contributed by atoms with E-state index in [4.69, 9.17) is 5.11 Å². The molecule has 2 aromatic rings. The van der Waals surface area contributed by atoms with Crippen molar-refractivity contribution in [2.45, 2.75) is 18.9 Å². The van der Waals surface area contributed by atoms with E-state index in [2.05, 4.69) is 5.32 Å². The van der Waals surface area contributed by atoms with Crippen LogP contribution in [0.2, 0.25) is 0 Å². The van der Waals surface area contributed by atoms with E-state index in [1.165, 1.54) is 18.2 Å². The molecule has 24 heavy (non-hydrogen) atoms. The maximum Gasteiger partial charge on any atom is 0.305 e. The van der Waals surface area contributed by atoms with E-state index in [9.17, 15) is 19.7 Å². The molecular formula is C17H16N2O5. The maximum absolute atomic E-state index is 12.2. The number of benzene rings is 2. The van der Waals surface area contributed by atoms with E-state index < -0.39 is 16.9 Å². The standard InChI is InChI=1S/C17H16N2O5/c20-16(9-12-5-2-1-3-6-12)18-15(11-17(21)22)13-7-4-8-14(10-13)19(23)24/h1-8,10,15H,9,11H2,(H,18,20)(H,21,22)/t15-/m1/s1. The third kappa shape index (κ3) is 4.91. The van der Waals surface area contributed by atoms with Gasteiger partial charge in [0.1, 0.15) is 0 Å². The van der Waals surface area contributed by atoms with Crippen molar-refractivity contribution >= 4 is 17.6 Å². The number of nitro groups is 1. The van der Waals surface area contributed by atoms with E-state index in [1.807, 2.05) is 6.07 Å². The molecule has 0 unspecified atom stereocenters. The monoisotopic (exact) mass is 328 g/mol. The fourth-order valence-electron chi connectivity index (χ4n) is 2.31. The molecule has 0 aliphatic heterocycles. The summed E-state index contributed by atoms with van der Waals surface area (Å²) >= 11 is 0. The molecule has 0 aromatic heterocycles. The highest BCUT2D eigenvalue weighted by atomic mass is 16.6. The molecule has 0 bridgehead atoms. The number of hydrogen-bond acceptors (Lipinski definition) is 4. The van der Waals surface area contributed by atoms with Gasteiger partial charge in [-0.3, -0.25) is 19.7 Å². The Kier molecular flexibility index (Phi) is 5.62. The minimum atomic E-state index is -1.11. The van der Waals surface area contributed by atoms with Crippen LogP contribution in [0.25, 0.3) is 0 Å². The Morgan fingerprint density at radius 2 is 1.83 bits per heavy atom. The third-order valence-corrected chi connectivity index (χ3v) is 3.40. The van der Waals surface area contributed by atoms with Crippen molar-refractivity contribution in [2.75, 3.05) is 0 Å². The van der Waals surface area contributed by atoms with Crippen LogP contribution in [0.4, 0.5) is 5.69 Å². The zero-order valence-corrected chi connectivity index (χ0v) is 12.7. The van der Waals surface area contributed by atoms with Gasteiger partial charge < -0.3 is 10.4 Å². The van der Waals surface area contributed by atoms with Gasteiger partial charge in [0.25, 0.3) is 5.69 Å². The molecule has 1 atom stereocenters. The number of aliphatic carboxylic acids is 1. The van der Waals surface area contributed by atoms with Gasteiger partial charge in [-0.2, -0.15) is 0 Å². The van der Waals surface area contributed by atoms with Crippen LogP contribution < -0.4 is 5.32 Å². The van der Waals surface area contributed by atoms with Gasteiger partial charge in [0, 0.05) is 12.1 Å². The predicted molar refractivity (Wildman–Crippen MR) is 86.4 cm³/mol. The lowest BCUT2D eigenvalue weighted by molar-refractivity contribution is -0.384. The molecule has 1 amide bonds. The van der Waals surface area contributed by atoms with E-state index in [0.29, 0.717) is 5.56 Å². The summed E-state index contributed by atoms with van der Waals surface area (Å²) in [6.45, 7) is 0. The van der Waals surface area contributed by atoms with E-state index in [0.717, 1.165) is 5.56 Å². The van der Waals surface area contributed by atoms with Crippen LogP contribution in [0.1, 0.15) is 23.6 Å². The second kappa shape index (κ2) is 7.87. The van der Waals surface area contributed by atoms with Crippen molar-refractivity contribution in [3.63, 3.8) is 0 Å². The number of rotatable bonds is 7. The van der Waals surface area contributed by atoms with Crippen molar-refractivity contribution in [3.05, 3.63) is 75.8 Å². The summed E-state index contributed by atoms with van der Waals surface area (Å²) in [4.78, 5) is 33.5. The van der Waals surface area contributed by atoms with Crippen molar-refractivity contribution in [1.82, 2.24) is 5.32 Å². The van der Waals surface area contributed by atoms with Crippen LogP contribution in [0, 0.1) is 10.1 Å². The van der Waals surface area contributed by atoms with Crippen molar-refractivity contribution < 1.29 is 19.6 Å². The molecule has 2 aromatic carbocycles. The summed E-state index contributed by atoms with van der Waals surface area (Å²) in [5.41, 5.74) is 1.02. The largest absolute Gasteiger partial charge is 0.481 e. The van der Waals surface area contributed by atoms with Crippen LogP contribution in [0.3, 0.4) is 0 Å². The van der Waals surface area contributed by atoms with Crippen LogP contribution >= 0.6 is 0 Å². The maximum atomic E-state index is 12.2. The van der Waals surface area contributed by atoms with Crippen LogP contribution in [-0.4, -0.2) is 21.9 Å². The molecule has 7 nitrogen and oxygen atoms in total. The minimum absolute atomic E-state index is 0.103.